The number of thiazole rings is 1. The van der Waals surface area contributed by atoms with Crippen LogP contribution in [0.1, 0.15) is 41.3 Å². The number of fused-ring (bicyclic) bond motifs is 2. The van der Waals surface area contributed by atoms with Crippen LogP contribution in [0, 0.1) is 12.3 Å². The first-order chi connectivity index (χ1) is 13.7. The number of aromatic nitrogens is 1. The maximum absolute atomic E-state index is 12.9. The monoisotopic (exact) mass is 390 g/mol. The number of hydrogen-bond donors (Lipinski definition) is 0. The molecule has 1 aromatic heterocycles. The summed E-state index contributed by atoms with van der Waals surface area (Å²) in [7, 11) is 0. The van der Waals surface area contributed by atoms with Crippen molar-refractivity contribution in [1.29, 1.82) is 0 Å². The van der Waals surface area contributed by atoms with Gasteiger partial charge >= 0.3 is 0 Å². The highest BCUT2D eigenvalue weighted by atomic mass is 32.1. The third-order valence-electron chi connectivity index (χ3n) is 5.01. The molecule has 0 saturated carbocycles. The second-order valence-corrected chi connectivity index (χ2v) is 7.85. The number of amides is 1. The van der Waals surface area contributed by atoms with Gasteiger partial charge in [-0.2, -0.15) is 4.99 Å². The van der Waals surface area contributed by atoms with E-state index < -0.39 is 0 Å². The molecule has 28 heavy (non-hydrogen) atoms. The highest BCUT2D eigenvalue weighted by Gasteiger charge is 2.14. The molecule has 1 heterocycles. The number of aryl methyl sites for hydroxylation is 2. The molecule has 0 fully saturated rings. The largest absolute Gasteiger partial charge is 0.494 e. The summed E-state index contributed by atoms with van der Waals surface area (Å²) >= 11 is 1.46. The van der Waals surface area contributed by atoms with Crippen LogP contribution in [0.4, 0.5) is 0 Å². The third-order valence-corrected chi connectivity index (χ3v) is 6.05. The van der Waals surface area contributed by atoms with E-state index in [1.807, 2.05) is 41.8 Å². The van der Waals surface area contributed by atoms with Crippen molar-refractivity contribution in [3.05, 3.63) is 57.9 Å². The fourth-order valence-corrected chi connectivity index (χ4v) is 4.71. The highest BCUT2D eigenvalue weighted by molar-refractivity contribution is 7.16. The molecule has 1 amide bonds. The summed E-state index contributed by atoms with van der Waals surface area (Å²) in [4.78, 5) is 17.9. The van der Waals surface area contributed by atoms with E-state index in [-0.39, 0.29) is 5.91 Å². The van der Waals surface area contributed by atoms with Gasteiger partial charge in [-0.1, -0.05) is 23.3 Å². The van der Waals surface area contributed by atoms with Crippen LogP contribution in [0.15, 0.2) is 41.4 Å². The average molecular weight is 391 g/mol. The van der Waals surface area contributed by atoms with Gasteiger partial charge in [0, 0.05) is 5.56 Å². The van der Waals surface area contributed by atoms with Crippen LogP contribution >= 0.6 is 11.3 Å². The predicted molar refractivity (Wildman–Crippen MR) is 113 cm³/mol. The van der Waals surface area contributed by atoms with E-state index in [0.29, 0.717) is 23.5 Å². The topological polar surface area (TPSA) is 43.6 Å². The Morgan fingerprint density at radius 2 is 2.04 bits per heavy atom. The predicted octanol–water partition coefficient (Wildman–Crippen LogP) is 4.35. The summed E-state index contributed by atoms with van der Waals surface area (Å²) in [6.45, 7) is 2.93. The molecule has 3 aromatic rings. The second-order valence-electron chi connectivity index (χ2n) is 6.85. The lowest BCUT2D eigenvalue weighted by Gasteiger charge is -2.15. The Morgan fingerprint density at radius 3 is 2.82 bits per heavy atom. The summed E-state index contributed by atoms with van der Waals surface area (Å²) in [5.74, 6) is 3.24. The quantitative estimate of drug-likeness (QED) is 0.622. The number of hydrogen-bond acceptors (Lipinski definition) is 3. The molecule has 0 atom stereocenters. The summed E-state index contributed by atoms with van der Waals surface area (Å²) in [6, 6.07) is 11.8. The third kappa shape index (κ3) is 3.61. The smallest absolute Gasteiger partial charge is 0.279 e. The number of ether oxygens (including phenoxy) is 1. The molecule has 0 spiro atoms. The molecule has 0 radical (unpaired) electrons. The Kier molecular flexibility index (Phi) is 5.31. The molecule has 0 aliphatic heterocycles. The van der Waals surface area contributed by atoms with E-state index in [0.717, 1.165) is 28.8 Å². The van der Waals surface area contributed by atoms with E-state index in [4.69, 9.17) is 11.2 Å². The lowest BCUT2D eigenvalue weighted by Crippen LogP contribution is -2.16. The van der Waals surface area contributed by atoms with Gasteiger partial charge in [0.05, 0.1) is 23.4 Å². The van der Waals surface area contributed by atoms with Crippen LogP contribution in [0.5, 0.6) is 5.75 Å². The van der Waals surface area contributed by atoms with Gasteiger partial charge in [-0.25, -0.2) is 0 Å². The van der Waals surface area contributed by atoms with E-state index in [1.165, 1.54) is 35.3 Å². The maximum Gasteiger partial charge on any atom is 0.279 e. The first kappa shape index (κ1) is 18.5. The standard InChI is InChI=1S/C23H22N2O2S/c1-3-13-25-20-12-11-19(27-4-2)15-21(20)28-23(25)24-22(26)18-10-9-16-7-5-6-8-17(16)14-18/h1,9-12,14-15H,4-8,13H2,2H3. The van der Waals surface area contributed by atoms with E-state index in [2.05, 4.69) is 17.0 Å². The van der Waals surface area contributed by atoms with Crippen LogP contribution in [-0.4, -0.2) is 17.1 Å². The Labute approximate surface area is 168 Å². The fourth-order valence-electron chi connectivity index (χ4n) is 3.66. The molecule has 2 aromatic carbocycles. The molecule has 0 saturated heterocycles. The Bertz CT molecular complexity index is 1150. The number of carbonyl (C=O) groups is 1. The minimum atomic E-state index is -0.226. The molecule has 0 unspecified atom stereocenters. The van der Waals surface area contributed by atoms with E-state index >= 15 is 0 Å². The number of carbonyl (C=O) groups excluding carboxylic acids is 1. The van der Waals surface area contributed by atoms with Crippen molar-refractivity contribution in [3.8, 4) is 18.1 Å². The van der Waals surface area contributed by atoms with Crippen molar-refractivity contribution in [2.45, 2.75) is 39.2 Å². The van der Waals surface area contributed by atoms with Crippen LogP contribution < -0.4 is 9.54 Å². The minimum absolute atomic E-state index is 0.226. The van der Waals surface area contributed by atoms with E-state index in [9.17, 15) is 4.79 Å². The van der Waals surface area contributed by atoms with Crippen molar-refractivity contribution < 1.29 is 9.53 Å². The lowest BCUT2D eigenvalue weighted by molar-refractivity contribution is 0.0997. The number of rotatable bonds is 4. The molecule has 0 bridgehead atoms. The van der Waals surface area contributed by atoms with Gasteiger partial charge in [0.25, 0.3) is 5.91 Å². The molecule has 142 valence electrons. The van der Waals surface area contributed by atoms with Crippen molar-refractivity contribution in [1.82, 2.24) is 4.57 Å². The number of benzene rings is 2. The maximum atomic E-state index is 12.9. The molecule has 0 N–H and O–H groups in total. The van der Waals surface area contributed by atoms with Crippen LogP contribution in [0.3, 0.4) is 0 Å². The summed E-state index contributed by atoms with van der Waals surface area (Å²) in [5, 5.41) is 0. The summed E-state index contributed by atoms with van der Waals surface area (Å²) in [5.41, 5.74) is 4.24. The van der Waals surface area contributed by atoms with Gasteiger partial charge in [0.2, 0.25) is 0 Å². The first-order valence-electron chi connectivity index (χ1n) is 9.60. The molecule has 4 nitrogen and oxygen atoms in total. The number of nitrogens with zero attached hydrogens (tertiary/aromatic N) is 2. The Morgan fingerprint density at radius 1 is 1.21 bits per heavy atom. The zero-order valence-electron chi connectivity index (χ0n) is 15.9. The van der Waals surface area contributed by atoms with Gasteiger partial charge in [-0.05, 0) is 74.1 Å². The van der Waals surface area contributed by atoms with Gasteiger partial charge in [-0.15, -0.1) is 6.42 Å². The van der Waals surface area contributed by atoms with Crippen LogP contribution in [0.2, 0.25) is 0 Å². The second kappa shape index (κ2) is 8.04. The zero-order valence-corrected chi connectivity index (χ0v) is 16.7. The summed E-state index contributed by atoms with van der Waals surface area (Å²) in [6.07, 6.45) is 10.1. The van der Waals surface area contributed by atoms with Crippen LogP contribution in [0.25, 0.3) is 10.2 Å². The SMILES string of the molecule is C#CCn1c(=NC(=O)c2ccc3c(c2)CCCC3)sc2cc(OCC)ccc21. The van der Waals surface area contributed by atoms with Gasteiger partial charge in [-0.3, -0.25) is 4.79 Å². The van der Waals surface area contributed by atoms with Gasteiger partial charge in [0.15, 0.2) is 4.80 Å². The zero-order chi connectivity index (χ0) is 19.5. The molecule has 1 aliphatic rings. The fraction of sp³-hybridized carbons (Fsp3) is 0.304. The Balaban J connectivity index is 1.76. The normalized spacial score (nSPS) is 13.9. The minimum Gasteiger partial charge on any atom is -0.494 e. The van der Waals surface area contributed by atoms with Gasteiger partial charge < -0.3 is 9.30 Å². The van der Waals surface area contributed by atoms with Crippen molar-refractivity contribution in [2.75, 3.05) is 6.61 Å². The number of terminal acetylenes is 1. The molecule has 5 heteroatoms. The van der Waals surface area contributed by atoms with Crippen LogP contribution in [-0.2, 0) is 19.4 Å². The highest BCUT2D eigenvalue weighted by Crippen LogP contribution is 2.24. The van der Waals surface area contributed by atoms with Crippen molar-refractivity contribution in [2.24, 2.45) is 4.99 Å². The molecule has 4 rings (SSSR count). The summed E-state index contributed by atoms with van der Waals surface area (Å²) < 4.78 is 8.49. The lowest BCUT2D eigenvalue weighted by atomic mass is 9.90. The average Bonchev–Trinajstić information content (AvgIpc) is 3.04. The van der Waals surface area contributed by atoms with Crippen molar-refractivity contribution >= 4 is 27.5 Å². The Hall–Kier alpha value is -2.84. The van der Waals surface area contributed by atoms with E-state index in [1.54, 1.807) is 0 Å². The molecular weight excluding hydrogens is 368 g/mol. The molecular formula is C23H22N2O2S. The first-order valence-corrected chi connectivity index (χ1v) is 10.4. The van der Waals surface area contributed by atoms with Gasteiger partial charge in [0.1, 0.15) is 5.75 Å². The molecule has 1 aliphatic carbocycles. The van der Waals surface area contributed by atoms with Crippen molar-refractivity contribution in [3.63, 3.8) is 0 Å².